The monoisotopic (exact) mass is 203 g/mol. The molecule has 0 bridgehead atoms. The highest BCUT2D eigenvalue weighted by Crippen LogP contribution is 2.25. The molecule has 15 heavy (non-hydrogen) atoms. The number of hydrogen-bond acceptors (Lipinski definition) is 2. The second kappa shape index (κ2) is 4.35. The van der Waals surface area contributed by atoms with Crippen LogP contribution < -0.4 is 4.74 Å². The van der Waals surface area contributed by atoms with Crippen LogP contribution in [0.1, 0.15) is 33.3 Å². The lowest BCUT2D eigenvalue weighted by Crippen LogP contribution is -2.12. The molecule has 1 atom stereocenters. The maximum atomic E-state index is 8.65. The van der Waals surface area contributed by atoms with Gasteiger partial charge >= 0.3 is 0 Å². The molecule has 0 saturated carbocycles. The molecule has 1 aromatic rings. The Morgan fingerprint density at radius 2 is 2.00 bits per heavy atom. The van der Waals surface area contributed by atoms with E-state index in [2.05, 4.69) is 26.8 Å². The van der Waals surface area contributed by atoms with Gasteiger partial charge in [-0.25, -0.2) is 0 Å². The maximum Gasteiger partial charge on any atom is 0.181 e. The van der Waals surface area contributed by atoms with Gasteiger partial charge in [0.15, 0.2) is 6.10 Å². The molecule has 0 aromatic heterocycles. The first-order chi connectivity index (χ1) is 6.93. The largest absolute Gasteiger partial charge is 0.476 e. The van der Waals surface area contributed by atoms with Gasteiger partial charge in [-0.3, -0.25) is 0 Å². The molecule has 0 fully saturated rings. The van der Waals surface area contributed by atoms with Gasteiger partial charge in [0.05, 0.1) is 0 Å². The van der Waals surface area contributed by atoms with Crippen LogP contribution in [0.25, 0.3) is 0 Å². The average molecular weight is 203 g/mol. The quantitative estimate of drug-likeness (QED) is 0.739. The van der Waals surface area contributed by atoms with Gasteiger partial charge in [-0.2, -0.15) is 5.26 Å². The second-order valence-corrected chi connectivity index (χ2v) is 4.67. The maximum absolute atomic E-state index is 8.65. The smallest absolute Gasteiger partial charge is 0.181 e. The summed E-state index contributed by atoms with van der Waals surface area (Å²) in [5, 5.41) is 8.65. The van der Waals surface area contributed by atoms with Crippen LogP contribution in [-0.4, -0.2) is 6.10 Å². The number of nitriles is 1. The Labute approximate surface area is 91.5 Å². The minimum absolute atomic E-state index is 0.106. The zero-order valence-electron chi connectivity index (χ0n) is 9.74. The van der Waals surface area contributed by atoms with Gasteiger partial charge in [-0.05, 0) is 30.0 Å². The van der Waals surface area contributed by atoms with Gasteiger partial charge in [-0.1, -0.05) is 32.9 Å². The number of hydrogen-bond donors (Lipinski definition) is 0. The lowest BCUT2D eigenvalue weighted by molar-refractivity contribution is 0.276. The van der Waals surface area contributed by atoms with E-state index in [9.17, 15) is 0 Å². The van der Waals surface area contributed by atoms with E-state index >= 15 is 0 Å². The van der Waals surface area contributed by atoms with E-state index in [0.29, 0.717) is 0 Å². The van der Waals surface area contributed by atoms with Crippen LogP contribution in [0.15, 0.2) is 24.3 Å². The molecule has 1 unspecified atom stereocenters. The molecule has 0 amide bonds. The van der Waals surface area contributed by atoms with Crippen molar-refractivity contribution in [3.63, 3.8) is 0 Å². The molecule has 0 radical (unpaired) electrons. The molecule has 80 valence electrons. The Bertz CT molecular complexity index is 371. The second-order valence-electron chi connectivity index (χ2n) is 4.67. The van der Waals surface area contributed by atoms with E-state index in [1.807, 2.05) is 24.3 Å². The first-order valence-electron chi connectivity index (χ1n) is 5.10. The molecule has 0 aliphatic heterocycles. The molecule has 0 N–H and O–H groups in total. The molecule has 0 aliphatic rings. The topological polar surface area (TPSA) is 33.0 Å². The third-order valence-electron chi connectivity index (χ3n) is 2.19. The van der Waals surface area contributed by atoms with Crippen LogP contribution in [0, 0.1) is 11.3 Å². The van der Waals surface area contributed by atoms with Crippen molar-refractivity contribution in [3.05, 3.63) is 29.8 Å². The van der Waals surface area contributed by atoms with E-state index in [1.54, 1.807) is 6.92 Å². The zero-order chi connectivity index (χ0) is 11.5. The Balaban J connectivity index is 2.90. The molecule has 0 aliphatic carbocycles. The molecule has 0 saturated heterocycles. The predicted molar refractivity (Wildman–Crippen MR) is 60.8 cm³/mol. The molecule has 2 heteroatoms. The van der Waals surface area contributed by atoms with Crippen molar-refractivity contribution < 1.29 is 4.74 Å². The third kappa shape index (κ3) is 3.28. The highest BCUT2D eigenvalue weighted by Gasteiger charge is 2.14. The standard InChI is InChI=1S/C13H17NO/c1-10(9-14)15-12-7-5-6-11(8-12)13(2,3)4/h5-8,10H,1-4H3. The van der Waals surface area contributed by atoms with Crippen molar-refractivity contribution >= 4 is 0 Å². The summed E-state index contributed by atoms with van der Waals surface area (Å²) in [6.07, 6.45) is -0.403. The fourth-order valence-electron chi connectivity index (χ4n) is 1.27. The Morgan fingerprint density at radius 3 is 2.53 bits per heavy atom. The fraction of sp³-hybridized carbons (Fsp3) is 0.462. The molecule has 1 rings (SSSR count). The summed E-state index contributed by atoms with van der Waals surface area (Å²) in [7, 11) is 0. The number of ether oxygens (including phenoxy) is 1. The summed E-state index contributed by atoms with van der Waals surface area (Å²) >= 11 is 0. The van der Waals surface area contributed by atoms with E-state index < -0.39 is 6.10 Å². The Morgan fingerprint density at radius 1 is 1.33 bits per heavy atom. The summed E-state index contributed by atoms with van der Waals surface area (Å²) in [5.74, 6) is 0.761. The summed E-state index contributed by atoms with van der Waals surface area (Å²) in [6, 6.07) is 9.95. The van der Waals surface area contributed by atoms with Crippen molar-refractivity contribution in [3.8, 4) is 11.8 Å². The third-order valence-corrected chi connectivity index (χ3v) is 2.19. The van der Waals surface area contributed by atoms with Crippen LogP contribution in [0.5, 0.6) is 5.75 Å². The van der Waals surface area contributed by atoms with Crippen LogP contribution in [0.2, 0.25) is 0 Å². The zero-order valence-corrected chi connectivity index (χ0v) is 9.74. The van der Waals surface area contributed by atoms with E-state index in [1.165, 1.54) is 5.56 Å². The lowest BCUT2D eigenvalue weighted by atomic mass is 9.87. The SMILES string of the molecule is CC(C#N)Oc1cccc(C(C)(C)C)c1. The molecule has 1 aromatic carbocycles. The summed E-state index contributed by atoms with van der Waals surface area (Å²) in [4.78, 5) is 0. The Kier molecular flexibility index (Phi) is 3.36. The van der Waals surface area contributed by atoms with E-state index in [-0.39, 0.29) is 5.41 Å². The highest BCUT2D eigenvalue weighted by molar-refractivity contribution is 5.32. The van der Waals surface area contributed by atoms with Gasteiger partial charge in [0.2, 0.25) is 0 Å². The highest BCUT2D eigenvalue weighted by atomic mass is 16.5. The van der Waals surface area contributed by atoms with Gasteiger partial charge in [0, 0.05) is 0 Å². The van der Waals surface area contributed by atoms with Crippen molar-refractivity contribution in [2.24, 2.45) is 0 Å². The van der Waals surface area contributed by atoms with Crippen molar-refractivity contribution in [2.75, 3.05) is 0 Å². The van der Waals surface area contributed by atoms with Crippen LogP contribution in [0.3, 0.4) is 0 Å². The van der Waals surface area contributed by atoms with Crippen LogP contribution in [0.4, 0.5) is 0 Å². The van der Waals surface area contributed by atoms with Crippen LogP contribution >= 0.6 is 0 Å². The molecular formula is C13H17NO. The van der Waals surface area contributed by atoms with Gasteiger partial charge in [0.25, 0.3) is 0 Å². The lowest BCUT2D eigenvalue weighted by Gasteiger charge is -2.20. The minimum Gasteiger partial charge on any atom is -0.476 e. The number of nitrogens with zero attached hydrogens (tertiary/aromatic N) is 1. The summed E-state index contributed by atoms with van der Waals surface area (Å²) in [5.41, 5.74) is 1.32. The molecule has 0 heterocycles. The summed E-state index contributed by atoms with van der Waals surface area (Å²) < 4.78 is 5.44. The predicted octanol–water partition coefficient (Wildman–Crippen LogP) is 3.27. The number of benzene rings is 1. The van der Waals surface area contributed by atoms with Gasteiger partial charge in [-0.15, -0.1) is 0 Å². The van der Waals surface area contributed by atoms with Crippen molar-refractivity contribution in [2.45, 2.75) is 39.2 Å². The molecule has 2 nitrogen and oxygen atoms in total. The van der Waals surface area contributed by atoms with Gasteiger partial charge < -0.3 is 4.74 Å². The number of rotatable bonds is 2. The van der Waals surface area contributed by atoms with E-state index in [4.69, 9.17) is 10.00 Å². The molecule has 0 spiro atoms. The Hall–Kier alpha value is -1.49. The normalized spacial score (nSPS) is 13.0. The first-order valence-corrected chi connectivity index (χ1v) is 5.10. The van der Waals surface area contributed by atoms with Gasteiger partial charge in [0.1, 0.15) is 11.8 Å². The average Bonchev–Trinajstić information content (AvgIpc) is 2.17. The molecular weight excluding hydrogens is 186 g/mol. The van der Waals surface area contributed by atoms with Crippen molar-refractivity contribution in [1.29, 1.82) is 5.26 Å². The fourth-order valence-corrected chi connectivity index (χ4v) is 1.27. The minimum atomic E-state index is -0.403. The van der Waals surface area contributed by atoms with E-state index in [0.717, 1.165) is 5.75 Å². The van der Waals surface area contributed by atoms with Crippen molar-refractivity contribution in [1.82, 2.24) is 0 Å². The first kappa shape index (κ1) is 11.6. The van der Waals surface area contributed by atoms with Crippen LogP contribution in [-0.2, 0) is 5.41 Å². The summed E-state index contributed by atoms with van der Waals surface area (Å²) in [6.45, 7) is 8.20.